The van der Waals surface area contributed by atoms with Gasteiger partial charge >= 0.3 is 0 Å². The zero-order valence-electron chi connectivity index (χ0n) is 18.2. The predicted molar refractivity (Wildman–Crippen MR) is 120 cm³/mol. The number of nitrogens with one attached hydrogen (secondary N) is 1. The molecule has 1 aliphatic rings. The maximum atomic E-state index is 15.8. The first kappa shape index (κ1) is 23.6. The number of benzene rings is 3. The molecule has 0 bridgehead atoms. The van der Waals surface area contributed by atoms with E-state index in [0.717, 1.165) is 24.3 Å². The van der Waals surface area contributed by atoms with Crippen LogP contribution < -0.4 is 10.1 Å². The number of unbranched alkanes of at least 4 members (excludes halogenated alkanes) is 1. The van der Waals surface area contributed by atoms with Gasteiger partial charge in [0.2, 0.25) is 11.6 Å². The van der Waals surface area contributed by atoms with Crippen LogP contribution in [0.2, 0.25) is 0 Å². The monoisotopic (exact) mass is 484 g/mol. The summed E-state index contributed by atoms with van der Waals surface area (Å²) in [6.45, 7) is 1.81. The number of ether oxygens (including phenoxy) is 1. The van der Waals surface area contributed by atoms with Crippen LogP contribution in [0, 0.1) is 21.7 Å². The summed E-state index contributed by atoms with van der Waals surface area (Å²) in [7, 11) is 0. The molecule has 0 atom stereocenters. The highest BCUT2D eigenvalue weighted by Gasteiger charge is 2.41. The van der Waals surface area contributed by atoms with Gasteiger partial charge in [0.15, 0.2) is 17.4 Å². The van der Waals surface area contributed by atoms with Gasteiger partial charge in [-0.05, 0) is 30.7 Å². The van der Waals surface area contributed by atoms with Crippen LogP contribution in [0.15, 0.2) is 36.4 Å². The fourth-order valence-corrected chi connectivity index (χ4v) is 3.76. The van der Waals surface area contributed by atoms with Crippen molar-refractivity contribution in [2.24, 2.45) is 0 Å². The molecule has 0 aromatic heterocycles. The van der Waals surface area contributed by atoms with Gasteiger partial charge in [-0.3, -0.25) is 19.7 Å². The van der Waals surface area contributed by atoms with Crippen LogP contribution >= 0.6 is 0 Å². The number of ketones is 2. The zero-order valence-corrected chi connectivity index (χ0v) is 18.2. The summed E-state index contributed by atoms with van der Waals surface area (Å²) in [5.74, 6) is -7.07. The van der Waals surface area contributed by atoms with E-state index in [1.165, 1.54) is 12.1 Å². The molecule has 1 aliphatic carbocycles. The van der Waals surface area contributed by atoms with Crippen LogP contribution in [0.5, 0.6) is 17.2 Å². The summed E-state index contributed by atoms with van der Waals surface area (Å²) in [5, 5.41) is 33.7. The van der Waals surface area contributed by atoms with E-state index in [9.17, 15) is 29.9 Å². The highest BCUT2D eigenvalue weighted by molar-refractivity contribution is 6.31. The van der Waals surface area contributed by atoms with Gasteiger partial charge in [0.25, 0.3) is 5.69 Å². The average molecular weight is 484 g/mol. The molecule has 0 heterocycles. The van der Waals surface area contributed by atoms with Crippen LogP contribution in [0.1, 0.15) is 51.6 Å². The lowest BCUT2D eigenvalue weighted by atomic mass is 9.82. The third kappa shape index (κ3) is 3.90. The van der Waals surface area contributed by atoms with Crippen LogP contribution in [-0.4, -0.2) is 33.3 Å². The van der Waals surface area contributed by atoms with Crippen LogP contribution in [0.3, 0.4) is 0 Å². The van der Waals surface area contributed by atoms with E-state index in [1.54, 1.807) is 0 Å². The van der Waals surface area contributed by atoms with Crippen LogP contribution in [0.25, 0.3) is 0 Å². The van der Waals surface area contributed by atoms with Gasteiger partial charge in [0, 0.05) is 17.8 Å². The number of nitro benzene ring substituents is 1. The number of nitro groups is 1. The SMILES string of the molecule is CCCCOc1c(F)c2c(c(F)c1Nc1ccc([N+](=O)[O-])cc1)C(=O)c1c(O)ccc(O)c1C2=O. The molecule has 11 heteroatoms. The minimum absolute atomic E-state index is 0.0364. The number of hydrogen-bond acceptors (Lipinski definition) is 8. The number of nitrogens with zero attached hydrogens (tertiary/aromatic N) is 1. The summed E-state index contributed by atoms with van der Waals surface area (Å²) >= 11 is 0. The molecule has 3 aromatic rings. The largest absolute Gasteiger partial charge is 0.507 e. The third-order valence-corrected chi connectivity index (χ3v) is 5.50. The number of carbonyl (C=O) groups is 2. The van der Waals surface area contributed by atoms with Crippen molar-refractivity contribution in [3.05, 3.63) is 80.4 Å². The summed E-state index contributed by atoms with van der Waals surface area (Å²) in [5.41, 5.74) is -3.88. The summed E-state index contributed by atoms with van der Waals surface area (Å²) in [4.78, 5) is 36.5. The molecule has 3 N–H and O–H groups in total. The molecule has 0 fully saturated rings. The number of phenolic OH excluding ortho intramolecular Hbond substituents is 2. The molecule has 180 valence electrons. The summed E-state index contributed by atoms with van der Waals surface area (Å²) in [6, 6.07) is 6.68. The Balaban J connectivity index is 1.92. The number of halogens is 2. The number of carbonyl (C=O) groups excluding carboxylic acids is 2. The Morgan fingerprint density at radius 2 is 1.46 bits per heavy atom. The lowest BCUT2D eigenvalue weighted by Gasteiger charge is -2.24. The first-order valence-electron chi connectivity index (χ1n) is 10.5. The zero-order chi connectivity index (χ0) is 25.4. The molecule has 35 heavy (non-hydrogen) atoms. The fraction of sp³-hybridized carbons (Fsp3) is 0.167. The Hall–Kier alpha value is -4.54. The summed E-state index contributed by atoms with van der Waals surface area (Å²) < 4.78 is 37.0. The van der Waals surface area contributed by atoms with Gasteiger partial charge in [0.05, 0.1) is 33.8 Å². The van der Waals surface area contributed by atoms with E-state index >= 15 is 8.78 Å². The Morgan fingerprint density at radius 1 is 0.914 bits per heavy atom. The molecule has 0 spiro atoms. The number of non-ortho nitro benzene ring substituents is 1. The molecule has 0 unspecified atom stereocenters. The van der Waals surface area contributed by atoms with Gasteiger partial charge < -0.3 is 20.3 Å². The minimum Gasteiger partial charge on any atom is -0.507 e. The smallest absolute Gasteiger partial charge is 0.269 e. The van der Waals surface area contributed by atoms with Gasteiger partial charge in [-0.25, -0.2) is 8.78 Å². The lowest BCUT2D eigenvalue weighted by molar-refractivity contribution is -0.384. The number of anilines is 2. The molecule has 0 saturated carbocycles. The standard InChI is InChI=1S/C24H18F2N2O7/c1-2-3-10-35-24-20(26)18-17(22(31)15-13(29)8-9-14(30)16(15)23(18)32)19(25)21(24)27-11-4-6-12(7-5-11)28(33)34/h4-9,27,29-30H,2-3,10H2,1H3. The van der Waals surface area contributed by atoms with Crippen molar-refractivity contribution in [2.75, 3.05) is 11.9 Å². The molecule has 0 amide bonds. The van der Waals surface area contributed by atoms with Gasteiger partial charge in [-0.2, -0.15) is 0 Å². The molecular weight excluding hydrogens is 466 g/mol. The number of phenols is 2. The molecule has 9 nitrogen and oxygen atoms in total. The average Bonchev–Trinajstić information content (AvgIpc) is 2.83. The van der Waals surface area contributed by atoms with Crippen LogP contribution in [0.4, 0.5) is 25.8 Å². The fourth-order valence-electron chi connectivity index (χ4n) is 3.76. The first-order valence-corrected chi connectivity index (χ1v) is 10.5. The maximum absolute atomic E-state index is 15.8. The number of hydrogen-bond donors (Lipinski definition) is 3. The number of aromatic hydroxyl groups is 2. The molecule has 0 saturated heterocycles. The van der Waals surface area contributed by atoms with E-state index in [4.69, 9.17) is 4.74 Å². The van der Waals surface area contributed by atoms with Crippen molar-refractivity contribution in [1.82, 2.24) is 0 Å². The number of fused-ring (bicyclic) bond motifs is 2. The predicted octanol–water partition coefficient (Wildman–Crippen LogP) is 4.98. The van der Waals surface area contributed by atoms with Crippen molar-refractivity contribution >= 4 is 28.6 Å². The van der Waals surface area contributed by atoms with E-state index in [-0.39, 0.29) is 18.0 Å². The Morgan fingerprint density at radius 3 is 1.97 bits per heavy atom. The third-order valence-electron chi connectivity index (χ3n) is 5.50. The van der Waals surface area contributed by atoms with Gasteiger partial charge in [-0.1, -0.05) is 13.3 Å². The molecule has 3 aromatic carbocycles. The van der Waals surface area contributed by atoms with Crippen molar-refractivity contribution in [1.29, 1.82) is 0 Å². The topological polar surface area (TPSA) is 139 Å². The van der Waals surface area contributed by atoms with E-state index < -0.39 is 73.3 Å². The minimum atomic E-state index is -1.33. The lowest BCUT2D eigenvalue weighted by Crippen LogP contribution is -2.25. The quantitative estimate of drug-likeness (QED) is 0.144. The van der Waals surface area contributed by atoms with E-state index in [1.807, 2.05) is 6.92 Å². The molecule has 4 rings (SSSR count). The van der Waals surface area contributed by atoms with E-state index in [0.29, 0.717) is 12.8 Å². The summed E-state index contributed by atoms with van der Waals surface area (Å²) in [6.07, 6.45) is 1.14. The molecule has 0 aliphatic heterocycles. The first-order chi connectivity index (χ1) is 16.7. The Kier molecular flexibility index (Phi) is 6.08. The van der Waals surface area contributed by atoms with Crippen molar-refractivity contribution in [3.63, 3.8) is 0 Å². The highest BCUT2D eigenvalue weighted by Crippen LogP contribution is 2.45. The normalized spacial score (nSPS) is 12.2. The second-order valence-corrected chi connectivity index (χ2v) is 7.73. The van der Waals surface area contributed by atoms with Crippen molar-refractivity contribution in [2.45, 2.75) is 19.8 Å². The number of rotatable bonds is 7. The Bertz CT molecular complexity index is 1390. The van der Waals surface area contributed by atoms with Gasteiger partial charge in [-0.15, -0.1) is 0 Å². The van der Waals surface area contributed by atoms with Crippen LogP contribution in [-0.2, 0) is 0 Å². The van der Waals surface area contributed by atoms with Gasteiger partial charge in [0.1, 0.15) is 17.2 Å². The van der Waals surface area contributed by atoms with Crippen molar-refractivity contribution in [3.8, 4) is 17.2 Å². The van der Waals surface area contributed by atoms with Crippen molar-refractivity contribution < 1.29 is 38.2 Å². The Labute approximate surface area is 196 Å². The maximum Gasteiger partial charge on any atom is 0.269 e. The van der Waals surface area contributed by atoms with E-state index in [2.05, 4.69) is 5.32 Å². The second-order valence-electron chi connectivity index (χ2n) is 7.73. The highest BCUT2D eigenvalue weighted by atomic mass is 19.1. The second kappa shape index (κ2) is 9.01. The molecule has 0 radical (unpaired) electrons. The molecular formula is C24H18F2N2O7.